The quantitative estimate of drug-likeness (QED) is 0.348. The molecule has 0 saturated heterocycles. The lowest BCUT2D eigenvalue weighted by molar-refractivity contribution is -0.385. The van der Waals surface area contributed by atoms with Crippen molar-refractivity contribution in [3.8, 4) is 11.5 Å². The second kappa shape index (κ2) is 9.19. The van der Waals surface area contributed by atoms with Gasteiger partial charge in [-0.2, -0.15) is 10.2 Å². The summed E-state index contributed by atoms with van der Waals surface area (Å²) in [6.45, 7) is 3.70. The predicted octanol–water partition coefficient (Wildman–Crippen LogP) is 4.00. The first-order valence-corrected chi connectivity index (χ1v) is 9.25. The number of hydrazone groups is 1. The normalized spacial score (nSPS) is 10.9. The zero-order valence-electron chi connectivity index (χ0n) is 16.2. The van der Waals surface area contributed by atoms with E-state index in [1.807, 2.05) is 19.9 Å². The Morgan fingerprint density at radius 1 is 1.27 bits per heavy atom. The number of nitro groups is 1. The number of nitrogens with zero attached hydrogens (tertiary/aromatic N) is 4. The molecule has 0 spiro atoms. The molecule has 1 amide bonds. The van der Waals surface area contributed by atoms with E-state index in [1.54, 1.807) is 35.0 Å². The number of hydrogen-bond donors (Lipinski definition) is 1. The van der Waals surface area contributed by atoms with Crippen LogP contribution in [-0.2, 0) is 11.3 Å². The Morgan fingerprint density at radius 3 is 2.70 bits per heavy atom. The van der Waals surface area contributed by atoms with Gasteiger partial charge in [0.25, 0.3) is 5.91 Å². The SMILES string of the molecule is Cc1cc(C)n(CC(=O)N/N=C/c2ccc(Oc3ccccc3Cl)c([N+](=O)[O-])c2)n1. The number of aromatic nitrogens is 2. The van der Waals surface area contributed by atoms with E-state index in [9.17, 15) is 14.9 Å². The Hall–Kier alpha value is -3.72. The van der Waals surface area contributed by atoms with Gasteiger partial charge in [0, 0.05) is 17.3 Å². The van der Waals surface area contributed by atoms with Crippen LogP contribution < -0.4 is 10.2 Å². The zero-order valence-corrected chi connectivity index (χ0v) is 17.0. The number of halogens is 1. The molecule has 0 saturated carbocycles. The van der Waals surface area contributed by atoms with E-state index in [0.29, 0.717) is 16.3 Å². The Labute approximate surface area is 177 Å². The molecule has 3 aromatic rings. The molecule has 0 radical (unpaired) electrons. The first-order chi connectivity index (χ1) is 14.3. The van der Waals surface area contributed by atoms with E-state index in [2.05, 4.69) is 15.6 Å². The fourth-order valence-corrected chi connectivity index (χ4v) is 2.85. The molecule has 0 aliphatic carbocycles. The van der Waals surface area contributed by atoms with Crippen molar-refractivity contribution < 1.29 is 14.5 Å². The van der Waals surface area contributed by atoms with Gasteiger partial charge in [-0.05, 0) is 44.2 Å². The maximum atomic E-state index is 12.0. The standard InChI is InChI=1S/C20H18ClN5O4/c1-13-9-14(2)25(24-13)12-20(27)23-22-11-15-7-8-19(17(10-15)26(28)29)30-18-6-4-3-5-16(18)21/h3-11H,12H2,1-2H3,(H,23,27)/b22-11+. The number of nitro benzene ring substituents is 1. The molecule has 9 nitrogen and oxygen atoms in total. The van der Waals surface area contributed by atoms with Crippen LogP contribution in [0, 0.1) is 24.0 Å². The summed E-state index contributed by atoms with van der Waals surface area (Å²) in [4.78, 5) is 22.9. The Balaban J connectivity index is 1.69. The van der Waals surface area contributed by atoms with Crippen molar-refractivity contribution in [3.63, 3.8) is 0 Å². The van der Waals surface area contributed by atoms with Gasteiger partial charge in [0.05, 0.1) is 21.9 Å². The molecule has 0 aliphatic rings. The van der Waals surface area contributed by atoms with Crippen LogP contribution in [0.4, 0.5) is 5.69 Å². The van der Waals surface area contributed by atoms with Crippen LogP contribution in [0.25, 0.3) is 0 Å². The molecule has 0 fully saturated rings. The number of rotatable bonds is 7. The first-order valence-electron chi connectivity index (χ1n) is 8.87. The Bertz CT molecular complexity index is 1130. The van der Waals surface area contributed by atoms with Crippen molar-refractivity contribution in [2.75, 3.05) is 0 Å². The zero-order chi connectivity index (χ0) is 21.7. The van der Waals surface area contributed by atoms with Gasteiger partial charge in [0.15, 0.2) is 0 Å². The number of nitrogens with one attached hydrogen (secondary N) is 1. The maximum Gasteiger partial charge on any atom is 0.312 e. The molecular weight excluding hydrogens is 410 g/mol. The summed E-state index contributed by atoms with van der Waals surface area (Å²) in [6.07, 6.45) is 1.31. The second-order valence-corrected chi connectivity index (χ2v) is 6.80. The van der Waals surface area contributed by atoms with Gasteiger partial charge in [-0.15, -0.1) is 0 Å². The molecule has 154 valence electrons. The minimum atomic E-state index is -0.565. The molecule has 10 heteroatoms. The van der Waals surface area contributed by atoms with Gasteiger partial charge in [0.2, 0.25) is 5.75 Å². The number of ether oxygens (including phenoxy) is 1. The van der Waals surface area contributed by atoms with Gasteiger partial charge < -0.3 is 4.74 Å². The summed E-state index contributed by atoms with van der Waals surface area (Å²) in [7, 11) is 0. The van der Waals surface area contributed by atoms with Crippen molar-refractivity contribution in [1.29, 1.82) is 0 Å². The topological polar surface area (TPSA) is 112 Å². The van der Waals surface area contributed by atoms with E-state index < -0.39 is 4.92 Å². The third-order valence-electron chi connectivity index (χ3n) is 4.04. The highest BCUT2D eigenvalue weighted by Gasteiger charge is 2.17. The smallest absolute Gasteiger partial charge is 0.312 e. The van der Waals surface area contributed by atoms with Crippen LogP contribution in [0.3, 0.4) is 0 Å². The highest BCUT2D eigenvalue weighted by molar-refractivity contribution is 6.32. The number of carbonyl (C=O) groups is 1. The molecule has 0 bridgehead atoms. The Kier molecular flexibility index (Phi) is 6.43. The number of aryl methyl sites for hydroxylation is 2. The van der Waals surface area contributed by atoms with Crippen molar-refractivity contribution in [2.24, 2.45) is 5.10 Å². The predicted molar refractivity (Wildman–Crippen MR) is 112 cm³/mol. The molecule has 3 rings (SSSR count). The lowest BCUT2D eigenvalue weighted by atomic mass is 10.2. The van der Waals surface area contributed by atoms with E-state index in [-0.39, 0.29) is 23.9 Å². The average molecular weight is 428 g/mol. The molecular formula is C20H18ClN5O4. The fourth-order valence-electron chi connectivity index (χ4n) is 2.67. The van der Waals surface area contributed by atoms with Gasteiger partial charge >= 0.3 is 5.69 Å². The third kappa shape index (κ3) is 5.21. The fraction of sp³-hybridized carbons (Fsp3) is 0.150. The number of hydrogen-bond acceptors (Lipinski definition) is 6. The molecule has 1 heterocycles. The number of benzene rings is 2. The number of amides is 1. The molecule has 30 heavy (non-hydrogen) atoms. The summed E-state index contributed by atoms with van der Waals surface area (Å²) >= 11 is 6.04. The maximum absolute atomic E-state index is 12.0. The van der Waals surface area contributed by atoms with Crippen molar-refractivity contribution >= 4 is 29.4 Å². The third-order valence-corrected chi connectivity index (χ3v) is 4.35. The highest BCUT2D eigenvalue weighted by atomic mass is 35.5. The van der Waals surface area contributed by atoms with Crippen LogP contribution in [-0.4, -0.2) is 26.8 Å². The summed E-state index contributed by atoms with van der Waals surface area (Å²) in [5.74, 6) is -0.0236. The first kappa shape index (κ1) is 21.0. The summed E-state index contributed by atoms with van der Waals surface area (Å²) < 4.78 is 7.14. The Morgan fingerprint density at radius 2 is 2.03 bits per heavy atom. The average Bonchev–Trinajstić information content (AvgIpc) is 3.01. The highest BCUT2D eigenvalue weighted by Crippen LogP contribution is 2.35. The molecule has 1 aromatic heterocycles. The molecule has 0 aliphatic heterocycles. The largest absolute Gasteiger partial charge is 0.449 e. The number of carbonyl (C=O) groups excluding carboxylic acids is 1. The summed E-state index contributed by atoms with van der Waals surface area (Å²) in [5, 5.41) is 19.8. The minimum absolute atomic E-state index is 0.0156. The monoisotopic (exact) mass is 427 g/mol. The van der Waals surface area contributed by atoms with Crippen LogP contribution in [0.1, 0.15) is 17.0 Å². The molecule has 0 atom stereocenters. The summed E-state index contributed by atoms with van der Waals surface area (Å²) in [6, 6.07) is 12.9. The lowest BCUT2D eigenvalue weighted by Crippen LogP contribution is -2.24. The number of para-hydroxylation sites is 1. The molecule has 0 unspecified atom stereocenters. The van der Waals surface area contributed by atoms with Crippen molar-refractivity contribution in [1.82, 2.24) is 15.2 Å². The van der Waals surface area contributed by atoms with Crippen LogP contribution >= 0.6 is 11.6 Å². The molecule has 2 aromatic carbocycles. The van der Waals surface area contributed by atoms with E-state index in [0.717, 1.165) is 11.4 Å². The van der Waals surface area contributed by atoms with Crippen LogP contribution in [0.15, 0.2) is 53.6 Å². The second-order valence-electron chi connectivity index (χ2n) is 6.39. The van der Waals surface area contributed by atoms with Crippen LogP contribution in [0.5, 0.6) is 11.5 Å². The van der Waals surface area contributed by atoms with Gasteiger partial charge in [-0.25, -0.2) is 5.43 Å². The van der Waals surface area contributed by atoms with E-state index >= 15 is 0 Å². The van der Waals surface area contributed by atoms with E-state index in [1.165, 1.54) is 18.3 Å². The van der Waals surface area contributed by atoms with Crippen LogP contribution in [0.2, 0.25) is 5.02 Å². The minimum Gasteiger partial charge on any atom is -0.449 e. The lowest BCUT2D eigenvalue weighted by Gasteiger charge is -2.08. The van der Waals surface area contributed by atoms with E-state index in [4.69, 9.17) is 16.3 Å². The summed E-state index contributed by atoms with van der Waals surface area (Å²) in [5.41, 5.74) is 4.21. The van der Waals surface area contributed by atoms with Crippen molar-refractivity contribution in [2.45, 2.75) is 20.4 Å². The van der Waals surface area contributed by atoms with Gasteiger partial charge in [-0.3, -0.25) is 19.6 Å². The molecule has 1 N–H and O–H groups in total. The van der Waals surface area contributed by atoms with Crippen molar-refractivity contribution in [3.05, 3.63) is 80.6 Å². The van der Waals surface area contributed by atoms with Gasteiger partial charge in [-0.1, -0.05) is 23.7 Å². The van der Waals surface area contributed by atoms with Gasteiger partial charge in [0.1, 0.15) is 12.3 Å².